The Balaban J connectivity index is 1.37. The van der Waals surface area contributed by atoms with E-state index in [1.165, 1.54) is 0 Å². The second kappa shape index (κ2) is 10.5. The standard InChI is InChI=1S/C29H23ClN2O4/c1-2-34-22-12-14-26-21(15-22)16-28(36-26)29(33)32-31-17-24-23-9-5-3-7-19(23)11-13-27(24)35-18-20-8-4-6-10-25(20)30/h3-17H,2,18H2,1H3,(H,32,33)/b31-17+. The number of furan rings is 1. The molecular weight excluding hydrogens is 476 g/mol. The van der Waals surface area contributed by atoms with Gasteiger partial charge in [-0.15, -0.1) is 0 Å². The van der Waals surface area contributed by atoms with Crippen molar-refractivity contribution in [1.29, 1.82) is 0 Å². The minimum Gasteiger partial charge on any atom is -0.494 e. The third-order valence-electron chi connectivity index (χ3n) is 5.65. The first-order valence-corrected chi connectivity index (χ1v) is 11.9. The van der Waals surface area contributed by atoms with E-state index in [1.54, 1.807) is 24.4 Å². The maximum atomic E-state index is 12.7. The number of hydrazone groups is 1. The molecule has 4 aromatic carbocycles. The van der Waals surface area contributed by atoms with Gasteiger partial charge in [-0.2, -0.15) is 5.10 Å². The van der Waals surface area contributed by atoms with Crippen LogP contribution < -0.4 is 14.9 Å². The van der Waals surface area contributed by atoms with Crippen LogP contribution in [-0.4, -0.2) is 18.7 Å². The van der Waals surface area contributed by atoms with Gasteiger partial charge in [-0.1, -0.05) is 60.1 Å². The molecule has 0 saturated carbocycles. The Labute approximate surface area is 213 Å². The molecular formula is C29H23ClN2O4. The number of amides is 1. The smallest absolute Gasteiger partial charge is 0.307 e. The van der Waals surface area contributed by atoms with Crippen LogP contribution in [0.1, 0.15) is 28.6 Å². The molecule has 1 amide bonds. The number of ether oxygens (including phenoxy) is 2. The van der Waals surface area contributed by atoms with Crippen LogP contribution in [0.15, 0.2) is 94.4 Å². The van der Waals surface area contributed by atoms with E-state index in [9.17, 15) is 4.79 Å². The monoisotopic (exact) mass is 498 g/mol. The summed E-state index contributed by atoms with van der Waals surface area (Å²) in [4.78, 5) is 12.7. The summed E-state index contributed by atoms with van der Waals surface area (Å²) < 4.78 is 17.3. The Morgan fingerprint density at radius 3 is 2.67 bits per heavy atom. The number of carbonyl (C=O) groups excluding carboxylic acids is 1. The molecule has 180 valence electrons. The maximum Gasteiger partial charge on any atom is 0.307 e. The summed E-state index contributed by atoms with van der Waals surface area (Å²) >= 11 is 6.29. The van der Waals surface area contributed by atoms with E-state index in [2.05, 4.69) is 10.5 Å². The van der Waals surface area contributed by atoms with Gasteiger partial charge in [0.25, 0.3) is 0 Å². The fraction of sp³-hybridized carbons (Fsp3) is 0.103. The second-order valence-corrected chi connectivity index (χ2v) is 8.43. The number of fused-ring (bicyclic) bond motifs is 2. The molecule has 0 spiro atoms. The van der Waals surface area contributed by atoms with Crippen LogP contribution in [0.25, 0.3) is 21.7 Å². The van der Waals surface area contributed by atoms with Crippen LogP contribution in [0, 0.1) is 0 Å². The molecule has 5 aromatic rings. The summed E-state index contributed by atoms with van der Waals surface area (Å²) in [6.07, 6.45) is 1.58. The van der Waals surface area contributed by atoms with Crippen LogP contribution >= 0.6 is 11.6 Å². The molecule has 0 unspecified atom stereocenters. The van der Waals surface area contributed by atoms with Gasteiger partial charge >= 0.3 is 5.91 Å². The molecule has 0 bridgehead atoms. The van der Waals surface area contributed by atoms with Gasteiger partial charge in [0, 0.05) is 21.5 Å². The molecule has 5 rings (SSSR count). The molecule has 6 nitrogen and oxygen atoms in total. The van der Waals surface area contributed by atoms with Gasteiger partial charge in [0.15, 0.2) is 5.76 Å². The van der Waals surface area contributed by atoms with Crippen molar-refractivity contribution in [3.8, 4) is 11.5 Å². The highest BCUT2D eigenvalue weighted by Crippen LogP contribution is 2.28. The highest BCUT2D eigenvalue weighted by molar-refractivity contribution is 6.31. The fourth-order valence-electron chi connectivity index (χ4n) is 3.91. The molecule has 1 heterocycles. The van der Waals surface area contributed by atoms with E-state index in [0.29, 0.717) is 29.6 Å². The van der Waals surface area contributed by atoms with Crippen molar-refractivity contribution < 1.29 is 18.7 Å². The first-order valence-electron chi connectivity index (χ1n) is 11.5. The molecule has 0 aliphatic carbocycles. The van der Waals surface area contributed by atoms with E-state index in [0.717, 1.165) is 33.0 Å². The van der Waals surface area contributed by atoms with E-state index >= 15 is 0 Å². The van der Waals surface area contributed by atoms with Crippen LogP contribution in [0.4, 0.5) is 0 Å². The van der Waals surface area contributed by atoms with E-state index in [4.69, 9.17) is 25.5 Å². The van der Waals surface area contributed by atoms with Gasteiger partial charge in [-0.3, -0.25) is 4.79 Å². The van der Waals surface area contributed by atoms with E-state index in [-0.39, 0.29) is 5.76 Å². The van der Waals surface area contributed by atoms with Crippen LogP contribution in [0.5, 0.6) is 11.5 Å². The molecule has 7 heteroatoms. The molecule has 0 aliphatic rings. The fourth-order valence-corrected chi connectivity index (χ4v) is 4.10. The van der Waals surface area contributed by atoms with Crippen LogP contribution in [0.2, 0.25) is 5.02 Å². The highest BCUT2D eigenvalue weighted by Gasteiger charge is 2.13. The molecule has 1 N–H and O–H groups in total. The average Bonchev–Trinajstić information content (AvgIpc) is 3.33. The van der Waals surface area contributed by atoms with Gasteiger partial charge in [0.2, 0.25) is 0 Å². The van der Waals surface area contributed by atoms with E-state index < -0.39 is 5.91 Å². The summed E-state index contributed by atoms with van der Waals surface area (Å²) in [5, 5.41) is 7.59. The number of nitrogens with one attached hydrogen (secondary N) is 1. The molecule has 0 saturated heterocycles. The summed E-state index contributed by atoms with van der Waals surface area (Å²) in [7, 11) is 0. The van der Waals surface area contributed by atoms with Crippen molar-refractivity contribution in [3.05, 3.63) is 107 Å². The Kier molecular flexibility index (Phi) is 6.87. The predicted molar refractivity (Wildman–Crippen MR) is 142 cm³/mol. The predicted octanol–water partition coefficient (Wildman–Crippen LogP) is 6.98. The Hall–Kier alpha value is -4.29. The lowest BCUT2D eigenvalue weighted by Crippen LogP contribution is -2.16. The SMILES string of the molecule is CCOc1ccc2oc(C(=O)N/N=C/c3c(OCc4ccccc4Cl)ccc4ccccc34)cc2c1. The Morgan fingerprint density at radius 2 is 1.81 bits per heavy atom. The third-order valence-corrected chi connectivity index (χ3v) is 6.02. The topological polar surface area (TPSA) is 73.1 Å². The number of nitrogens with zero attached hydrogens (tertiary/aromatic N) is 1. The number of hydrogen-bond acceptors (Lipinski definition) is 5. The lowest BCUT2D eigenvalue weighted by molar-refractivity contribution is 0.0929. The lowest BCUT2D eigenvalue weighted by atomic mass is 10.0. The number of rotatable bonds is 8. The summed E-state index contributed by atoms with van der Waals surface area (Å²) in [6, 6.07) is 26.4. The Morgan fingerprint density at radius 1 is 0.972 bits per heavy atom. The number of halogens is 1. The van der Waals surface area contributed by atoms with Gasteiger partial charge in [0.1, 0.15) is 23.7 Å². The van der Waals surface area contributed by atoms with Crippen molar-refractivity contribution in [1.82, 2.24) is 5.43 Å². The third kappa shape index (κ3) is 5.04. The van der Waals surface area contributed by atoms with Gasteiger partial charge in [-0.05, 0) is 54.1 Å². The second-order valence-electron chi connectivity index (χ2n) is 8.02. The van der Waals surface area contributed by atoms with E-state index in [1.807, 2.05) is 73.7 Å². The zero-order valence-electron chi connectivity index (χ0n) is 19.5. The summed E-state index contributed by atoms with van der Waals surface area (Å²) in [6.45, 7) is 2.78. The number of benzene rings is 4. The number of hydrogen-bond donors (Lipinski definition) is 1. The Bertz CT molecular complexity index is 1570. The lowest BCUT2D eigenvalue weighted by Gasteiger charge is -2.12. The molecule has 1 aromatic heterocycles. The van der Waals surface area contributed by atoms with Crippen molar-refractivity contribution >= 4 is 45.5 Å². The van der Waals surface area contributed by atoms with Crippen molar-refractivity contribution in [2.24, 2.45) is 5.10 Å². The first-order chi connectivity index (χ1) is 17.6. The van der Waals surface area contributed by atoms with Crippen molar-refractivity contribution in [2.75, 3.05) is 6.61 Å². The average molecular weight is 499 g/mol. The molecule has 0 atom stereocenters. The van der Waals surface area contributed by atoms with Gasteiger partial charge in [-0.25, -0.2) is 5.43 Å². The summed E-state index contributed by atoms with van der Waals surface area (Å²) in [5.41, 5.74) is 4.76. The zero-order chi connectivity index (χ0) is 24.9. The molecule has 0 radical (unpaired) electrons. The summed E-state index contributed by atoms with van der Waals surface area (Å²) in [5.74, 6) is 1.04. The quantitative estimate of drug-likeness (QED) is 0.185. The molecule has 0 fully saturated rings. The molecule has 0 aliphatic heterocycles. The maximum absolute atomic E-state index is 12.7. The first kappa shape index (κ1) is 23.5. The molecule has 36 heavy (non-hydrogen) atoms. The van der Waals surface area contributed by atoms with Crippen LogP contribution in [-0.2, 0) is 6.61 Å². The van der Waals surface area contributed by atoms with Crippen molar-refractivity contribution in [3.63, 3.8) is 0 Å². The minimum atomic E-state index is -0.459. The van der Waals surface area contributed by atoms with Crippen LogP contribution in [0.3, 0.4) is 0 Å². The number of carbonyl (C=O) groups is 1. The van der Waals surface area contributed by atoms with Gasteiger partial charge < -0.3 is 13.9 Å². The largest absolute Gasteiger partial charge is 0.494 e. The highest BCUT2D eigenvalue weighted by atomic mass is 35.5. The minimum absolute atomic E-state index is 0.156. The normalized spacial score (nSPS) is 11.3. The van der Waals surface area contributed by atoms with Gasteiger partial charge in [0.05, 0.1) is 12.8 Å². The zero-order valence-corrected chi connectivity index (χ0v) is 20.3. The van der Waals surface area contributed by atoms with Crippen molar-refractivity contribution in [2.45, 2.75) is 13.5 Å².